The van der Waals surface area contributed by atoms with Crippen molar-refractivity contribution in [3.8, 4) is 16.9 Å². The molecule has 0 aliphatic carbocycles. The van der Waals surface area contributed by atoms with Crippen molar-refractivity contribution in [1.29, 1.82) is 0 Å². The Morgan fingerprint density at radius 3 is 2.85 bits per heavy atom. The zero-order valence-corrected chi connectivity index (χ0v) is 6.93. The summed E-state index contributed by atoms with van der Waals surface area (Å²) in [7, 11) is 3.38. The van der Waals surface area contributed by atoms with Crippen LogP contribution in [0.4, 0.5) is 0 Å². The molecule has 0 spiro atoms. The van der Waals surface area contributed by atoms with Gasteiger partial charge >= 0.3 is 0 Å². The standard InChI is InChI=1S/C10H8NO2/c1-12-10-5-3-2-4-9(10)8-6-11-13-7-8/h2-7H,1H2. The van der Waals surface area contributed by atoms with E-state index in [-0.39, 0.29) is 0 Å². The van der Waals surface area contributed by atoms with E-state index in [4.69, 9.17) is 9.26 Å². The summed E-state index contributed by atoms with van der Waals surface area (Å²) in [5.74, 6) is 0.714. The van der Waals surface area contributed by atoms with Crippen LogP contribution in [0.5, 0.6) is 5.75 Å². The van der Waals surface area contributed by atoms with Crippen molar-refractivity contribution in [2.75, 3.05) is 0 Å². The van der Waals surface area contributed by atoms with Crippen LogP contribution < -0.4 is 4.74 Å². The van der Waals surface area contributed by atoms with Crippen LogP contribution in [-0.2, 0) is 0 Å². The maximum absolute atomic E-state index is 4.95. The first-order valence-electron chi connectivity index (χ1n) is 3.82. The van der Waals surface area contributed by atoms with Gasteiger partial charge < -0.3 is 9.26 Å². The molecule has 1 radical (unpaired) electrons. The Labute approximate surface area is 75.9 Å². The number of hydrogen-bond acceptors (Lipinski definition) is 3. The zero-order chi connectivity index (χ0) is 9.10. The second-order valence-electron chi connectivity index (χ2n) is 2.55. The first kappa shape index (κ1) is 7.86. The fourth-order valence-electron chi connectivity index (χ4n) is 1.17. The van der Waals surface area contributed by atoms with E-state index in [0.29, 0.717) is 5.75 Å². The molecule has 0 aliphatic rings. The summed E-state index contributed by atoms with van der Waals surface area (Å²) in [5.41, 5.74) is 1.82. The van der Waals surface area contributed by atoms with Crippen molar-refractivity contribution >= 4 is 0 Å². The van der Waals surface area contributed by atoms with Gasteiger partial charge in [-0.1, -0.05) is 23.4 Å². The van der Waals surface area contributed by atoms with E-state index >= 15 is 0 Å². The molecule has 13 heavy (non-hydrogen) atoms. The molecule has 65 valence electrons. The summed E-state index contributed by atoms with van der Waals surface area (Å²) >= 11 is 0. The summed E-state index contributed by atoms with van der Waals surface area (Å²) in [6.07, 6.45) is 3.20. The lowest BCUT2D eigenvalue weighted by atomic mass is 10.1. The number of benzene rings is 1. The van der Waals surface area contributed by atoms with Gasteiger partial charge in [-0.3, -0.25) is 0 Å². The van der Waals surface area contributed by atoms with E-state index in [1.165, 1.54) is 0 Å². The highest BCUT2D eigenvalue weighted by atomic mass is 16.5. The summed E-state index contributed by atoms with van der Waals surface area (Å²) < 4.78 is 9.69. The molecule has 0 saturated carbocycles. The smallest absolute Gasteiger partial charge is 0.131 e. The quantitative estimate of drug-likeness (QED) is 0.701. The van der Waals surface area contributed by atoms with Gasteiger partial charge in [0.05, 0.1) is 6.20 Å². The van der Waals surface area contributed by atoms with E-state index in [0.717, 1.165) is 11.1 Å². The lowest BCUT2D eigenvalue weighted by Crippen LogP contribution is -1.83. The molecule has 0 amide bonds. The summed E-state index contributed by atoms with van der Waals surface area (Å²) in [6.45, 7) is 0. The minimum absolute atomic E-state index is 0.714. The van der Waals surface area contributed by atoms with Crippen LogP contribution >= 0.6 is 0 Å². The van der Waals surface area contributed by atoms with Crippen molar-refractivity contribution in [2.45, 2.75) is 0 Å². The Bertz CT molecular complexity index is 382. The number of hydrogen-bond donors (Lipinski definition) is 0. The predicted molar refractivity (Wildman–Crippen MR) is 47.9 cm³/mol. The minimum atomic E-state index is 0.714. The molecule has 0 fully saturated rings. The van der Waals surface area contributed by atoms with Crippen LogP contribution in [0.25, 0.3) is 11.1 Å². The minimum Gasteiger partial charge on any atom is -0.489 e. The number of nitrogens with zero attached hydrogens (tertiary/aromatic N) is 1. The third-order valence-corrected chi connectivity index (χ3v) is 1.79. The lowest BCUT2D eigenvalue weighted by molar-refractivity contribution is 0.420. The Hall–Kier alpha value is -1.77. The van der Waals surface area contributed by atoms with E-state index in [1.807, 2.05) is 24.3 Å². The first-order valence-corrected chi connectivity index (χ1v) is 3.82. The molecular formula is C10H8NO2. The molecule has 1 aromatic heterocycles. The number of para-hydroxylation sites is 1. The van der Waals surface area contributed by atoms with Crippen LogP contribution in [0.1, 0.15) is 0 Å². The highest BCUT2D eigenvalue weighted by Crippen LogP contribution is 2.28. The van der Waals surface area contributed by atoms with Gasteiger partial charge in [-0.15, -0.1) is 0 Å². The van der Waals surface area contributed by atoms with Gasteiger partial charge in [0.15, 0.2) is 0 Å². The predicted octanol–water partition coefficient (Wildman–Crippen LogP) is 2.51. The van der Waals surface area contributed by atoms with Crippen LogP contribution in [-0.4, -0.2) is 5.16 Å². The van der Waals surface area contributed by atoms with Crippen molar-refractivity contribution in [1.82, 2.24) is 5.16 Å². The molecule has 3 nitrogen and oxygen atoms in total. The maximum Gasteiger partial charge on any atom is 0.131 e. The highest BCUT2D eigenvalue weighted by molar-refractivity contribution is 5.68. The molecule has 0 unspecified atom stereocenters. The van der Waals surface area contributed by atoms with Gasteiger partial charge in [-0.2, -0.15) is 0 Å². The van der Waals surface area contributed by atoms with Crippen LogP contribution in [0, 0.1) is 7.11 Å². The highest BCUT2D eigenvalue weighted by Gasteiger charge is 2.05. The van der Waals surface area contributed by atoms with Crippen LogP contribution in [0.2, 0.25) is 0 Å². The molecule has 0 N–H and O–H groups in total. The lowest BCUT2D eigenvalue weighted by Gasteiger charge is -2.03. The normalized spacial score (nSPS) is 9.92. The monoisotopic (exact) mass is 174 g/mol. The summed E-state index contributed by atoms with van der Waals surface area (Å²) in [6, 6.07) is 7.57. The second kappa shape index (κ2) is 3.31. The topological polar surface area (TPSA) is 35.3 Å². The van der Waals surface area contributed by atoms with E-state index < -0.39 is 0 Å². The third kappa shape index (κ3) is 1.40. The molecule has 0 aliphatic heterocycles. The zero-order valence-electron chi connectivity index (χ0n) is 6.93. The van der Waals surface area contributed by atoms with Gasteiger partial charge in [0.2, 0.25) is 0 Å². The molecule has 3 heteroatoms. The molecule has 1 aromatic carbocycles. The molecule has 0 saturated heterocycles. The first-order chi connectivity index (χ1) is 6.42. The van der Waals surface area contributed by atoms with Crippen LogP contribution in [0.3, 0.4) is 0 Å². The molecule has 0 bridgehead atoms. The molecule has 2 aromatic rings. The van der Waals surface area contributed by atoms with Gasteiger partial charge in [0, 0.05) is 11.1 Å². The van der Waals surface area contributed by atoms with E-state index in [1.54, 1.807) is 12.5 Å². The summed E-state index contributed by atoms with van der Waals surface area (Å²) in [5, 5.41) is 3.62. The SMILES string of the molecule is [CH2]Oc1ccccc1-c1cnoc1. The Morgan fingerprint density at radius 1 is 1.31 bits per heavy atom. The fourth-order valence-corrected chi connectivity index (χ4v) is 1.17. The third-order valence-electron chi connectivity index (χ3n) is 1.79. The number of aromatic nitrogens is 1. The molecule has 2 rings (SSSR count). The Kier molecular flexibility index (Phi) is 2.00. The maximum atomic E-state index is 4.95. The Morgan fingerprint density at radius 2 is 2.15 bits per heavy atom. The number of rotatable bonds is 2. The van der Waals surface area contributed by atoms with Gasteiger partial charge in [-0.25, -0.2) is 0 Å². The largest absolute Gasteiger partial charge is 0.489 e. The van der Waals surface area contributed by atoms with Crippen molar-refractivity contribution in [3.05, 3.63) is 43.8 Å². The van der Waals surface area contributed by atoms with Crippen molar-refractivity contribution < 1.29 is 9.26 Å². The van der Waals surface area contributed by atoms with Gasteiger partial charge in [0.25, 0.3) is 0 Å². The van der Waals surface area contributed by atoms with E-state index in [2.05, 4.69) is 12.3 Å². The molecular weight excluding hydrogens is 166 g/mol. The van der Waals surface area contributed by atoms with Crippen molar-refractivity contribution in [2.24, 2.45) is 0 Å². The van der Waals surface area contributed by atoms with E-state index in [9.17, 15) is 0 Å². The molecule has 1 heterocycles. The number of ether oxygens (including phenoxy) is 1. The Balaban J connectivity index is 2.51. The van der Waals surface area contributed by atoms with Gasteiger partial charge in [-0.05, 0) is 6.07 Å². The fraction of sp³-hybridized carbons (Fsp3) is 0. The van der Waals surface area contributed by atoms with Crippen LogP contribution in [0.15, 0.2) is 41.2 Å². The van der Waals surface area contributed by atoms with Crippen molar-refractivity contribution in [3.63, 3.8) is 0 Å². The molecule has 0 atom stereocenters. The average molecular weight is 174 g/mol. The average Bonchev–Trinajstić information content (AvgIpc) is 2.70. The second-order valence-corrected chi connectivity index (χ2v) is 2.55. The van der Waals surface area contributed by atoms with Gasteiger partial charge in [0.1, 0.15) is 19.1 Å². The summed E-state index contributed by atoms with van der Waals surface area (Å²) in [4.78, 5) is 0.